The third-order valence-corrected chi connectivity index (χ3v) is 6.37. The number of aromatic nitrogens is 3. The summed E-state index contributed by atoms with van der Waals surface area (Å²) in [7, 11) is 0. The van der Waals surface area contributed by atoms with E-state index in [4.69, 9.17) is 9.15 Å². The lowest BCUT2D eigenvalue weighted by Crippen LogP contribution is -2.20. The summed E-state index contributed by atoms with van der Waals surface area (Å²) < 4.78 is 13.1. The Hall–Kier alpha value is -3.78. The number of benzene rings is 2. The second-order valence-corrected chi connectivity index (χ2v) is 8.50. The smallest absolute Gasteiger partial charge is 0.242 e. The van der Waals surface area contributed by atoms with Gasteiger partial charge in [-0.3, -0.25) is 9.36 Å². The Labute approximate surface area is 202 Å². The molecule has 1 amide bonds. The molecule has 0 fully saturated rings. The van der Waals surface area contributed by atoms with Gasteiger partial charge >= 0.3 is 0 Å². The van der Waals surface area contributed by atoms with Crippen molar-refractivity contribution in [1.29, 1.82) is 0 Å². The fraction of sp³-hybridized carbons (Fsp3) is 0.192. The topological polar surface area (TPSA) is 82.2 Å². The van der Waals surface area contributed by atoms with Crippen molar-refractivity contribution >= 4 is 23.4 Å². The SMILES string of the molecule is C=CCn1c(SC(C(=O)Nc2ccccc2OCC)c2ccccc2)nnc1-c1ccoc1C. The number of hydrogen-bond acceptors (Lipinski definition) is 6. The van der Waals surface area contributed by atoms with Crippen LogP contribution in [0.5, 0.6) is 5.75 Å². The number of furan rings is 1. The molecule has 0 radical (unpaired) electrons. The van der Waals surface area contributed by atoms with Gasteiger partial charge in [0.2, 0.25) is 5.91 Å². The van der Waals surface area contributed by atoms with Gasteiger partial charge in [0.15, 0.2) is 11.0 Å². The number of para-hydroxylation sites is 2. The Balaban J connectivity index is 1.68. The zero-order valence-electron chi connectivity index (χ0n) is 19.1. The van der Waals surface area contributed by atoms with Crippen LogP contribution < -0.4 is 10.1 Å². The Morgan fingerprint density at radius 3 is 2.65 bits per heavy atom. The molecule has 0 aliphatic carbocycles. The summed E-state index contributed by atoms with van der Waals surface area (Å²) in [5.41, 5.74) is 2.33. The van der Waals surface area contributed by atoms with Crippen LogP contribution in [0.1, 0.15) is 23.5 Å². The summed E-state index contributed by atoms with van der Waals surface area (Å²) >= 11 is 1.34. The molecule has 0 aliphatic heterocycles. The van der Waals surface area contributed by atoms with Crippen LogP contribution in [0.4, 0.5) is 5.69 Å². The van der Waals surface area contributed by atoms with Gasteiger partial charge in [0.1, 0.15) is 16.8 Å². The summed E-state index contributed by atoms with van der Waals surface area (Å²) in [6, 6.07) is 18.9. The molecule has 1 unspecified atom stereocenters. The molecule has 4 rings (SSSR count). The maximum atomic E-state index is 13.6. The van der Waals surface area contributed by atoms with Crippen LogP contribution in [-0.4, -0.2) is 27.3 Å². The predicted molar refractivity (Wildman–Crippen MR) is 134 cm³/mol. The fourth-order valence-corrected chi connectivity index (χ4v) is 4.59. The van der Waals surface area contributed by atoms with E-state index in [2.05, 4.69) is 22.1 Å². The minimum absolute atomic E-state index is 0.183. The van der Waals surface area contributed by atoms with Gasteiger partial charge < -0.3 is 14.5 Å². The van der Waals surface area contributed by atoms with E-state index in [0.717, 1.165) is 16.9 Å². The number of nitrogens with zero attached hydrogens (tertiary/aromatic N) is 3. The van der Waals surface area contributed by atoms with Gasteiger partial charge in [-0.15, -0.1) is 16.8 Å². The van der Waals surface area contributed by atoms with Gasteiger partial charge in [-0.1, -0.05) is 60.3 Å². The number of aryl methyl sites for hydroxylation is 1. The number of hydrogen-bond donors (Lipinski definition) is 1. The lowest BCUT2D eigenvalue weighted by molar-refractivity contribution is -0.115. The van der Waals surface area contributed by atoms with Crippen molar-refractivity contribution in [3.05, 3.63) is 90.9 Å². The third kappa shape index (κ3) is 5.07. The fourth-order valence-electron chi connectivity index (χ4n) is 3.54. The van der Waals surface area contributed by atoms with Crippen molar-refractivity contribution < 1.29 is 13.9 Å². The van der Waals surface area contributed by atoms with E-state index in [-0.39, 0.29) is 5.91 Å². The zero-order chi connectivity index (χ0) is 23.9. The van der Waals surface area contributed by atoms with Crippen molar-refractivity contribution in [3.8, 4) is 17.1 Å². The van der Waals surface area contributed by atoms with E-state index in [0.29, 0.717) is 35.6 Å². The lowest BCUT2D eigenvalue weighted by atomic mass is 10.1. The molecule has 0 spiro atoms. The van der Waals surface area contributed by atoms with Crippen LogP contribution in [0.3, 0.4) is 0 Å². The van der Waals surface area contributed by atoms with E-state index in [1.165, 1.54) is 11.8 Å². The van der Waals surface area contributed by atoms with Crippen LogP contribution in [0.25, 0.3) is 11.4 Å². The summed E-state index contributed by atoms with van der Waals surface area (Å²) in [6.07, 6.45) is 3.41. The number of carbonyl (C=O) groups excluding carboxylic acids is 1. The van der Waals surface area contributed by atoms with Gasteiger partial charge in [0, 0.05) is 6.54 Å². The number of carbonyl (C=O) groups is 1. The molecule has 7 nitrogen and oxygen atoms in total. The highest BCUT2D eigenvalue weighted by molar-refractivity contribution is 8.00. The van der Waals surface area contributed by atoms with Gasteiger partial charge in [0.05, 0.1) is 24.1 Å². The molecule has 2 heterocycles. The van der Waals surface area contributed by atoms with E-state index in [9.17, 15) is 4.79 Å². The van der Waals surface area contributed by atoms with Gasteiger partial charge in [-0.2, -0.15) is 0 Å². The van der Waals surface area contributed by atoms with Crippen molar-refractivity contribution in [3.63, 3.8) is 0 Å². The molecule has 1 atom stereocenters. The summed E-state index contributed by atoms with van der Waals surface area (Å²) in [5.74, 6) is 1.86. The second-order valence-electron chi connectivity index (χ2n) is 7.42. The Kier molecular flexibility index (Phi) is 7.49. The summed E-state index contributed by atoms with van der Waals surface area (Å²) in [4.78, 5) is 13.6. The monoisotopic (exact) mass is 474 g/mol. The molecule has 0 bridgehead atoms. The molecule has 0 saturated heterocycles. The Bertz CT molecular complexity index is 1270. The van der Waals surface area contributed by atoms with E-state index in [1.807, 2.05) is 79.1 Å². The van der Waals surface area contributed by atoms with Crippen molar-refractivity contribution in [2.45, 2.75) is 30.8 Å². The molecule has 8 heteroatoms. The van der Waals surface area contributed by atoms with Crippen LogP contribution in [0, 0.1) is 6.92 Å². The quantitative estimate of drug-likeness (QED) is 0.227. The van der Waals surface area contributed by atoms with Crippen LogP contribution >= 0.6 is 11.8 Å². The first-order valence-corrected chi connectivity index (χ1v) is 11.8. The normalized spacial score (nSPS) is 11.7. The standard InChI is InChI=1S/C26H26N4O3S/c1-4-16-30-24(20-15-17-33-18(20)3)28-29-26(30)34-23(19-11-7-6-8-12-19)25(31)27-21-13-9-10-14-22(21)32-5-2/h4,6-15,17,23H,1,5,16H2,2-3H3,(H,27,31). The van der Waals surface area contributed by atoms with Gasteiger partial charge in [-0.25, -0.2) is 0 Å². The number of amides is 1. The molecule has 0 saturated carbocycles. The highest BCUT2D eigenvalue weighted by Crippen LogP contribution is 2.38. The lowest BCUT2D eigenvalue weighted by Gasteiger charge is -2.18. The molecule has 1 N–H and O–H groups in total. The third-order valence-electron chi connectivity index (χ3n) is 5.14. The highest BCUT2D eigenvalue weighted by Gasteiger charge is 2.27. The molecular formula is C26H26N4O3S. The molecule has 2 aromatic heterocycles. The first kappa shape index (κ1) is 23.4. The average Bonchev–Trinajstić information content (AvgIpc) is 3.45. The van der Waals surface area contributed by atoms with Gasteiger partial charge in [-0.05, 0) is 37.6 Å². The second kappa shape index (κ2) is 10.9. The van der Waals surface area contributed by atoms with E-state index in [1.54, 1.807) is 12.3 Å². The van der Waals surface area contributed by atoms with Crippen LogP contribution in [0.2, 0.25) is 0 Å². The van der Waals surface area contributed by atoms with Crippen molar-refractivity contribution in [1.82, 2.24) is 14.8 Å². The van der Waals surface area contributed by atoms with Crippen LogP contribution in [0.15, 0.2) is 89.2 Å². The maximum Gasteiger partial charge on any atom is 0.242 e. The number of nitrogens with one attached hydrogen (secondary N) is 1. The van der Waals surface area contributed by atoms with E-state index >= 15 is 0 Å². The molecule has 174 valence electrons. The van der Waals surface area contributed by atoms with Gasteiger partial charge in [0.25, 0.3) is 0 Å². The molecule has 0 aliphatic rings. The summed E-state index contributed by atoms with van der Waals surface area (Å²) in [5, 5.41) is 11.9. The van der Waals surface area contributed by atoms with Crippen molar-refractivity contribution in [2.75, 3.05) is 11.9 Å². The number of anilines is 1. The maximum absolute atomic E-state index is 13.6. The zero-order valence-corrected chi connectivity index (χ0v) is 19.9. The molecule has 2 aromatic carbocycles. The number of allylic oxidation sites excluding steroid dienone is 1. The van der Waals surface area contributed by atoms with Crippen LogP contribution in [-0.2, 0) is 11.3 Å². The Morgan fingerprint density at radius 1 is 1.18 bits per heavy atom. The first-order chi connectivity index (χ1) is 16.6. The largest absolute Gasteiger partial charge is 0.492 e. The predicted octanol–water partition coefficient (Wildman–Crippen LogP) is 5.90. The number of thioether (sulfide) groups is 1. The Morgan fingerprint density at radius 2 is 1.94 bits per heavy atom. The molecular weight excluding hydrogens is 448 g/mol. The minimum Gasteiger partial charge on any atom is -0.492 e. The summed E-state index contributed by atoms with van der Waals surface area (Å²) in [6.45, 7) is 8.66. The minimum atomic E-state index is -0.568. The average molecular weight is 475 g/mol. The molecule has 4 aromatic rings. The highest BCUT2D eigenvalue weighted by atomic mass is 32.2. The number of rotatable bonds is 10. The van der Waals surface area contributed by atoms with E-state index < -0.39 is 5.25 Å². The number of ether oxygens (including phenoxy) is 1. The first-order valence-electron chi connectivity index (χ1n) is 10.9. The molecule has 34 heavy (non-hydrogen) atoms. The van der Waals surface area contributed by atoms with Crippen molar-refractivity contribution in [2.24, 2.45) is 0 Å².